The minimum absolute atomic E-state index is 0.100. The summed E-state index contributed by atoms with van der Waals surface area (Å²) < 4.78 is 0. The summed E-state index contributed by atoms with van der Waals surface area (Å²) in [5, 5.41) is 3.18. The van der Waals surface area contributed by atoms with E-state index in [9.17, 15) is 4.79 Å². The lowest BCUT2D eigenvalue weighted by atomic mass is 9.99. The maximum absolute atomic E-state index is 12.3. The highest BCUT2D eigenvalue weighted by Crippen LogP contribution is 2.20. The predicted molar refractivity (Wildman–Crippen MR) is 96.6 cm³/mol. The Labute approximate surface area is 139 Å². The number of carbonyl (C=O) groups is 1. The topological polar surface area (TPSA) is 29.1 Å². The van der Waals surface area contributed by atoms with E-state index in [-0.39, 0.29) is 11.9 Å². The molecule has 0 aliphatic carbocycles. The Morgan fingerprint density at radius 1 is 1.00 bits per heavy atom. The van der Waals surface area contributed by atoms with Gasteiger partial charge in [-0.1, -0.05) is 49.4 Å². The summed E-state index contributed by atoms with van der Waals surface area (Å²) in [5.41, 5.74) is 6.26. The predicted octanol–water partition coefficient (Wildman–Crippen LogP) is 4.81. The van der Waals surface area contributed by atoms with E-state index in [0.29, 0.717) is 6.42 Å². The zero-order valence-corrected chi connectivity index (χ0v) is 14.6. The third-order valence-electron chi connectivity index (χ3n) is 4.52. The molecule has 0 saturated heterocycles. The molecule has 1 N–H and O–H groups in total. The Morgan fingerprint density at radius 3 is 2.39 bits per heavy atom. The Kier molecular flexibility index (Phi) is 5.97. The van der Waals surface area contributed by atoms with Crippen LogP contribution in [0.15, 0.2) is 42.5 Å². The van der Waals surface area contributed by atoms with Crippen molar-refractivity contribution in [3.63, 3.8) is 0 Å². The Hall–Kier alpha value is -2.09. The minimum atomic E-state index is 0.100. The average molecular weight is 309 g/mol. The molecule has 2 aromatic rings. The largest absolute Gasteiger partial charge is 0.349 e. The molecule has 122 valence electrons. The van der Waals surface area contributed by atoms with Gasteiger partial charge in [-0.15, -0.1) is 0 Å². The fourth-order valence-corrected chi connectivity index (χ4v) is 2.86. The summed E-state index contributed by atoms with van der Waals surface area (Å²) in [5.74, 6) is 0.123. The number of nitrogens with one attached hydrogen (secondary N) is 1. The zero-order chi connectivity index (χ0) is 16.8. The highest BCUT2D eigenvalue weighted by molar-refractivity contribution is 5.76. The number of aryl methyl sites for hydroxylation is 4. The number of benzene rings is 2. The maximum atomic E-state index is 12.3. The fourth-order valence-electron chi connectivity index (χ4n) is 2.86. The molecule has 2 rings (SSSR count). The van der Waals surface area contributed by atoms with E-state index in [1.165, 1.54) is 27.8 Å². The van der Waals surface area contributed by atoms with Crippen LogP contribution in [0.2, 0.25) is 0 Å². The third-order valence-corrected chi connectivity index (χ3v) is 4.52. The van der Waals surface area contributed by atoms with Gasteiger partial charge in [-0.3, -0.25) is 4.79 Å². The molecule has 0 aliphatic rings. The fraction of sp³-hybridized carbons (Fsp3) is 0.381. The van der Waals surface area contributed by atoms with Gasteiger partial charge >= 0.3 is 0 Å². The van der Waals surface area contributed by atoms with Gasteiger partial charge in [0, 0.05) is 6.42 Å². The van der Waals surface area contributed by atoms with E-state index < -0.39 is 0 Å². The van der Waals surface area contributed by atoms with Crippen LogP contribution in [0.5, 0.6) is 0 Å². The summed E-state index contributed by atoms with van der Waals surface area (Å²) in [6, 6.07) is 14.8. The van der Waals surface area contributed by atoms with Crippen molar-refractivity contribution in [2.24, 2.45) is 0 Å². The lowest BCUT2D eigenvalue weighted by molar-refractivity contribution is -0.121. The second-order valence-electron chi connectivity index (χ2n) is 6.30. The van der Waals surface area contributed by atoms with Crippen LogP contribution in [0.25, 0.3) is 0 Å². The first-order valence-corrected chi connectivity index (χ1v) is 8.42. The first kappa shape index (κ1) is 17.3. The molecule has 0 aliphatic heterocycles. The van der Waals surface area contributed by atoms with Gasteiger partial charge in [0.2, 0.25) is 5.91 Å². The molecule has 0 spiro atoms. The van der Waals surface area contributed by atoms with Gasteiger partial charge in [-0.25, -0.2) is 0 Å². The quantitative estimate of drug-likeness (QED) is 0.815. The maximum Gasteiger partial charge on any atom is 0.220 e. The molecule has 2 heteroatoms. The third kappa shape index (κ3) is 4.69. The van der Waals surface area contributed by atoms with E-state index >= 15 is 0 Å². The number of amides is 1. The smallest absolute Gasteiger partial charge is 0.220 e. The molecule has 0 bridgehead atoms. The van der Waals surface area contributed by atoms with Gasteiger partial charge in [0.1, 0.15) is 0 Å². The van der Waals surface area contributed by atoms with Crippen LogP contribution in [0.1, 0.15) is 53.6 Å². The zero-order valence-electron chi connectivity index (χ0n) is 14.6. The van der Waals surface area contributed by atoms with Crippen molar-refractivity contribution in [1.82, 2.24) is 5.32 Å². The number of rotatable bonds is 6. The molecular formula is C21H27NO. The molecule has 1 atom stereocenters. The first-order valence-electron chi connectivity index (χ1n) is 8.42. The van der Waals surface area contributed by atoms with Crippen LogP contribution in [0, 0.1) is 20.8 Å². The molecule has 0 saturated carbocycles. The standard InChI is InChI=1S/C21H27NO/c1-5-20(19-9-7-6-8-16(19)3)22-21(23)13-12-18-11-10-15(2)17(4)14-18/h6-11,14,20H,5,12-13H2,1-4H3,(H,22,23)/t20-/m0/s1. The summed E-state index contributed by atoms with van der Waals surface area (Å²) in [4.78, 5) is 12.3. The average Bonchev–Trinajstić information content (AvgIpc) is 2.54. The monoisotopic (exact) mass is 309 g/mol. The number of carbonyl (C=O) groups excluding carboxylic acids is 1. The van der Waals surface area contributed by atoms with Gasteiger partial charge in [0.25, 0.3) is 0 Å². The summed E-state index contributed by atoms with van der Waals surface area (Å²) >= 11 is 0. The Morgan fingerprint density at radius 2 is 1.74 bits per heavy atom. The van der Waals surface area contributed by atoms with Crippen molar-refractivity contribution in [3.05, 3.63) is 70.3 Å². The van der Waals surface area contributed by atoms with Gasteiger partial charge in [0.05, 0.1) is 6.04 Å². The van der Waals surface area contributed by atoms with Gasteiger partial charge in [0.15, 0.2) is 0 Å². The molecule has 0 fully saturated rings. The highest BCUT2D eigenvalue weighted by Gasteiger charge is 2.14. The van der Waals surface area contributed by atoms with E-state index in [2.05, 4.69) is 63.3 Å². The Bertz CT molecular complexity index is 675. The SMILES string of the molecule is CC[C@H](NC(=O)CCc1ccc(C)c(C)c1)c1ccccc1C. The van der Waals surface area contributed by atoms with Crippen molar-refractivity contribution in [1.29, 1.82) is 0 Å². The molecule has 0 heterocycles. The van der Waals surface area contributed by atoms with Crippen LogP contribution in [-0.4, -0.2) is 5.91 Å². The number of hydrogen-bond donors (Lipinski definition) is 1. The van der Waals surface area contributed by atoms with Crippen LogP contribution in [0.4, 0.5) is 0 Å². The first-order chi connectivity index (χ1) is 11.0. The van der Waals surface area contributed by atoms with Crippen LogP contribution >= 0.6 is 0 Å². The molecular weight excluding hydrogens is 282 g/mol. The van der Waals surface area contributed by atoms with E-state index in [0.717, 1.165) is 12.8 Å². The van der Waals surface area contributed by atoms with Crippen molar-refractivity contribution >= 4 is 5.91 Å². The minimum Gasteiger partial charge on any atom is -0.349 e. The van der Waals surface area contributed by atoms with Crippen molar-refractivity contribution in [2.45, 2.75) is 53.0 Å². The lowest BCUT2D eigenvalue weighted by Gasteiger charge is -2.19. The highest BCUT2D eigenvalue weighted by atomic mass is 16.1. The van der Waals surface area contributed by atoms with Gasteiger partial charge in [-0.2, -0.15) is 0 Å². The second-order valence-corrected chi connectivity index (χ2v) is 6.30. The van der Waals surface area contributed by atoms with Crippen LogP contribution in [-0.2, 0) is 11.2 Å². The molecule has 1 amide bonds. The number of hydrogen-bond acceptors (Lipinski definition) is 1. The molecule has 0 unspecified atom stereocenters. The van der Waals surface area contributed by atoms with Crippen molar-refractivity contribution in [3.8, 4) is 0 Å². The van der Waals surface area contributed by atoms with E-state index in [1.807, 2.05) is 12.1 Å². The van der Waals surface area contributed by atoms with Crippen molar-refractivity contribution in [2.75, 3.05) is 0 Å². The summed E-state index contributed by atoms with van der Waals surface area (Å²) in [7, 11) is 0. The lowest BCUT2D eigenvalue weighted by Crippen LogP contribution is -2.28. The van der Waals surface area contributed by atoms with Crippen LogP contribution < -0.4 is 5.32 Å². The Balaban J connectivity index is 1.95. The molecule has 2 nitrogen and oxygen atoms in total. The van der Waals surface area contributed by atoms with Gasteiger partial charge in [-0.05, 0) is 61.4 Å². The van der Waals surface area contributed by atoms with Gasteiger partial charge < -0.3 is 5.32 Å². The molecule has 23 heavy (non-hydrogen) atoms. The molecule has 2 aromatic carbocycles. The summed E-state index contributed by atoms with van der Waals surface area (Å²) in [6.07, 6.45) is 2.22. The van der Waals surface area contributed by atoms with E-state index in [4.69, 9.17) is 0 Å². The van der Waals surface area contributed by atoms with Crippen molar-refractivity contribution < 1.29 is 4.79 Å². The summed E-state index contributed by atoms with van der Waals surface area (Å²) in [6.45, 7) is 8.43. The molecule has 0 radical (unpaired) electrons. The second kappa shape index (κ2) is 7.96. The van der Waals surface area contributed by atoms with Crippen LogP contribution in [0.3, 0.4) is 0 Å². The van der Waals surface area contributed by atoms with E-state index in [1.54, 1.807) is 0 Å². The molecule has 0 aromatic heterocycles. The normalized spacial score (nSPS) is 12.0.